The number of thiophene rings is 1. The lowest BCUT2D eigenvalue weighted by molar-refractivity contribution is 0.348. The van der Waals surface area contributed by atoms with Crippen LogP contribution in [-0.4, -0.2) is 37.0 Å². The summed E-state index contributed by atoms with van der Waals surface area (Å²) in [4.78, 5) is 5.35. The first-order chi connectivity index (χ1) is 9.02. The van der Waals surface area contributed by atoms with Gasteiger partial charge in [0.25, 0.3) is 0 Å². The average Bonchev–Trinajstić information content (AvgIpc) is 2.67. The van der Waals surface area contributed by atoms with Crippen LogP contribution in [0.2, 0.25) is 0 Å². The lowest BCUT2D eigenvalue weighted by Gasteiger charge is -2.15. The molecule has 1 aromatic heterocycles. The van der Waals surface area contributed by atoms with Crippen molar-refractivity contribution in [1.82, 2.24) is 10.2 Å². The molecule has 0 spiro atoms. The van der Waals surface area contributed by atoms with Crippen LogP contribution in [0.5, 0.6) is 0 Å². The molecule has 19 heavy (non-hydrogen) atoms. The summed E-state index contributed by atoms with van der Waals surface area (Å²) >= 11 is 3.85. The Bertz CT molecular complexity index is 361. The van der Waals surface area contributed by atoms with Gasteiger partial charge in [-0.2, -0.15) is 11.8 Å². The van der Waals surface area contributed by atoms with Crippen molar-refractivity contribution in [2.45, 2.75) is 33.9 Å². The van der Waals surface area contributed by atoms with Crippen LogP contribution in [0.15, 0.2) is 6.07 Å². The molecule has 0 saturated heterocycles. The van der Waals surface area contributed by atoms with Gasteiger partial charge in [-0.05, 0) is 44.3 Å². The van der Waals surface area contributed by atoms with Crippen LogP contribution in [0, 0.1) is 12.8 Å². The molecule has 110 valence electrons. The van der Waals surface area contributed by atoms with Crippen LogP contribution in [0.3, 0.4) is 0 Å². The van der Waals surface area contributed by atoms with Gasteiger partial charge in [0.05, 0.1) is 0 Å². The summed E-state index contributed by atoms with van der Waals surface area (Å²) < 4.78 is 0. The van der Waals surface area contributed by atoms with Crippen molar-refractivity contribution in [2.75, 3.05) is 32.1 Å². The fourth-order valence-corrected chi connectivity index (χ4v) is 3.45. The van der Waals surface area contributed by atoms with E-state index >= 15 is 0 Å². The number of hydrogen-bond donors (Lipinski definition) is 1. The van der Waals surface area contributed by atoms with E-state index in [2.05, 4.69) is 50.4 Å². The van der Waals surface area contributed by atoms with E-state index in [-0.39, 0.29) is 0 Å². The van der Waals surface area contributed by atoms with Gasteiger partial charge in [0.2, 0.25) is 0 Å². The summed E-state index contributed by atoms with van der Waals surface area (Å²) in [7, 11) is 2.21. The minimum Gasteiger partial charge on any atom is -0.312 e. The smallest absolute Gasteiger partial charge is 0.0300 e. The second kappa shape index (κ2) is 9.01. The van der Waals surface area contributed by atoms with Gasteiger partial charge in [0, 0.05) is 35.1 Å². The second-order valence-corrected chi connectivity index (χ2v) is 7.88. The van der Waals surface area contributed by atoms with Crippen LogP contribution in [-0.2, 0) is 13.1 Å². The number of rotatable bonds is 9. The number of nitrogens with one attached hydrogen (secondary N) is 1. The van der Waals surface area contributed by atoms with E-state index in [0.717, 1.165) is 32.1 Å². The molecule has 0 aliphatic carbocycles. The Balaban J connectivity index is 2.44. The molecular weight excluding hydrogens is 272 g/mol. The van der Waals surface area contributed by atoms with E-state index in [0.29, 0.717) is 0 Å². The average molecular weight is 301 g/mol. The molecule has 1 aromatic rings. The first-order valence-corrected chi connectivity index (χ1v) is 9.20. The highest BCUT2D eigenvalue weighted by Gasteiger charge is 2.08. The van der Waals surface area contributed by atoms with Gasteiger partial charge in [-0.15, -0.1) is 11.3 Å². The van der Waals surface area contributed by atoms with Gasteiger partial charge in [0.15, 0.2) is 0 Å². The molecule has 2 nitrogen and oxygen atoms in total. The minimum atomic E-state index is 0.721. The molecule has 0 atom stereocenters. The van der Waals surface area contributed by atoms with Gasteiger partial charge in [-0.3, -0.25) is 0 Å². The first-order valence-electron chi connectivity index (χ1n) is 6.99. The molecular formula is C15H28N2S2. The Morgan fingerprint density at radius 3 is 2.79 bits per heavy atom. The molecule has 1 rings (SSSR count). The predicted molar refractivity (Wildman–Crippen MR) is 90.3 cm³/mol. The van der Waals surface area contributed by atoms with Crippen molar-refractivity contribution in [3.05, 3.63) is 21.4 Å². The maximum Gasteiger partial charge on any atom is 0.0300 e. The Morgan fingerprint density at radius 2 is 2.16 bits per heavy atom. The van der Waals surface area contributed by atoms with Crippen molar-refractivity contribution in [2.24, 2.45) is 5.92 Å². The number of hydrogen-bond acceptors (Lipinski definition) is 4. The zero-order chi connectivity index (χ0) is 14.3. The Morgan fingerprint density at radius 1 is 1.42 bits per heavy atom. The third kappa shape index (κ3) is 6.80. The van der Waals surface area contributed by atoms with Gasteiger partial charge >= 0.3 is 0 Å². The lowest BCUT2D eigenvalue weighted by atomic mass is 10.2. The minimum absolute atomic E-state index is 0.721. The maximum atomic E-state index is 3.52. The third-order valence-corrected chi connectivity index (χ3v) is 4.72. The van der Waals surface area contributed by atoms with Crippen LogP contribution >= 0.6 is 23.1 Å². The predicted octanol–water partition coefficient (Wildman–Crippen LogP) is 3.60. The highest BCUT2D eigenvalue weighted by Crippen LogP contribution is 2.22. The van der Waals surface area contributed by atoms with Crippen molar-refractivity contribution in [3.63, 3.8) is 0 Å². The Hall–Kier alpha value is -0.0300. The highest BCUT2D eigenvalue weighted by molar-refractivity contribution is 7.98. The summed E-state index contributed by atoms with van der Waals surface area (Å²) in [5, 5.41) is 3.52. The van der Waals surface area contributed by atoms with Gasteiger partial charge in [0.1, 0.15) is 0 Å². The summed E-state index contributed by atoms with van der Waals surface area (Å²) in [6.45, 7) is 11.1. The van der Waals surface area contributed by atoms with E-state index < -0.39 is 0 Å². The monoisotopic (exact) mass is 300 g/mol. The topological polar surface area (TPSA) is 15.3 Å². The molecule has 0 aromatic carbocycles. The van der Waals surface area contributed by atoms with Crippen LogP contribution in [0.1, 0.15) is 29.2 Å². The first kappa shape index (κ1) is 17.0. The van der Waals surface area contributed by atoms with Gasteiger partial charge in [-0.25, -0.2) is 0 Å². The largest absolute Gasteiger partial charge is 0.312 e. The molecule has 0 saturated carbocycles. The SMILES string of the molecule is CSCCN(C)Cc1cc(CNCC(C)C)sc1C. The molecule has 0 fully saturated rings. The lowest BCUT2D eigenvalue weighted by Crippen LogP contribution is -2.20. The Kier molecular flexibility index (Phi) is 8.07. The van der Waals surface area contributed by atoms with E-state index in [1.54, 1.807) is 0 Å². The summed E-state index contributed by atoms with van der Waals surface area (Å²) in [6, 6.07) is 2.38. The third-order valence-electron chi connectivity index (χ3n) is 3.04. The van der Waals surface area contributed by atoms with Crippen LogP contribution in [0.25, 0.3) is 0 Å². The standard InChI is InChI=1S/C15H28N2S2/c1-12(2)9-16-10-15-8-14(13(3)19-15)11-17(4)6-7-18-5/h8,12,16H,6-7,9-11H2,1-5H3. The normalized spacial score (nSPS) is 11.7. The van der Waals surface area contributed by atoms with E-state index in [1.807, 2.05) is 23.1 Å². The molecule has 0 unspecified atom stereocenters. The van der Waals surface area contributed by atoms with Crippen molar-refractivity contribution in [1.29, 1.82) is 0 Å². The zero-order valence-corrected chi connectivity index (χ0v) is 14.6. The number of nitrogens with zero attached hydrogens (tertiary/aromatic N) is 1. The summed E-state index contributed by atoms with van der Waals surface area (Å²) in [5.41, 5.74) is 1.50. The quantitative estimate of drug-likeness (QED) is 0.750. The molecule has 0 aliphatic heterocycles. The van der Waals surface area contributed by atoms with Gasteiger partial charge in [-0.1, -0.05) is 13.8 Å². The fraction of sp³-hybridized carbons (Fsp3) is 0.733. The number of thioether (sulfide) groups is 1. The van der Waals surface area contributed by atoms with Crippen molar-refractivity contribution < 1.29 is 0 Å². The van der Waals surface area contributed by atoms with Crippen molar-refractivity contribution >= 4 is 23.1 Å². The zero-order valence-electron chi connectivity index (χ0n) is 13.0. The fourth-order valence-electron chi connectivity index (χ4n) is 1.93. The molecule has 0 bridgehead atoms. The number of aryl methyl sites for hydroxylation is 1. The van der Waals surface area contributed by atoms with Crippen LogP contribution in [0.4, 0.5) is 0 Å². The van der Waals surface area contributed by atoms with E-state index in [9.17, 15) is 0 Å². The molecule has 0 amide bonds. The van der Waals surface area contributed by atoms with Gasteiger partial charge < -0.3 is 10.2 Å². The second-order valence-electron chi connectivity index (χ2n) is 5.55. The molecule has 1 heterocycles. The van der Waals surface area contributed by atoms with E-state index in [1.165, 1.54) is 21.1 Å². The molecule has 0 radical (unpaired) electrons. The highest BCUT2D eigenvalue weighted by atomic mass is 32.2. The summed E-state index contributed by atoms with van der Waals surface area (Å²) in [6.07, 6.45) is 2.17. The maximum absolute atomic E-state index is 3.52. The molecule has 1 N–H and O–H groups in total. The van der Waals surface area contributed by atoms with E-state index in [4.69, 9.17) is 0 Å². The van der Waals surface area contributed by atoms with Crippen molar-refractivity contribution in [3.8, 4) is 0 Å². The summed E-state index contributed by atoms with van der Waals surface area (Å²) in [5.74, 6) is 1.93. The van der Waals surface area contributed by atoms with Crippen LogP contribution < -0.4 is 5.32 Å². The Labute approximate surface area is 127 Å². The molecule has 0 aliphatic rings. The molecule has 4 heteroatoms.